The van der Waals surface area contributed by atoms with E-state index in [1.165, 1.54) is 23.3 Å². The minimum absolute atomic E-state index is 0.0920. The minimum atomic E-state index is -0.509. The quantitative estimate of drug-likeness (QED) is 0.889. The average Bonchev–Trinajstić information content (AvgIpc) is 3.20. The molecule has 2 heterocycles. The Hall–Kier alpha value is -2.56. The van der Waals surface area contributed by atoms with Crippen molar-refractivity contribution < 1.29 is 14.3 Å². The van der Waals surface area contributed by atoms with Gasteiger partial charge < -0.3 is 15.0 Å². The monoisotopic (exact) mass is 375 g/mol. The maximum atomic E-state index is 12.5. The zero-order chi connectivity index (χ0) is 18.0. The van der Waals surface area contributed by atoms with Crippen molar-refractivity contribution in [2.45, 2.75) is 6.42 Å². The molecule has 1 saturated heterocycles. The molecule has 0 unspecified atom stereocenters. The molecule has 1 aliphatic rings. The van der Waals surface area contributed by atoms with Crippen molar-refractivity contribution in [1.29, 1.82) is 5.26 Å². The van der Waals surface area contributed by atoms with Crippen LogP contribution in [0.3, 0.4) is 0 Å². The van der Waals surface area contributed by atoms with Gasteiger partial charge in [-0.15, -0.1) is 11.3 Å². The van der Waals surface area contributed by atoms with Gasteiger partial charge in [0, 0.05) is 18.0 Å². The first kappa shape index (κ1) is 17.3. The van der Waals surface area contributed by atoms with Gasteiger partial charge in [0.05, 0.1) is 24.3 Å². The van der Waals surface area contributed by atoms with Gasteiger partial charge in [0.2, 0.25) is 11.8 Å². The number of amides is 2. The molecule has 1 N–H and O–H groups in total. The summed E-state index contributed by atoms with van der Waals surface area (Å²) in [5, 5.41) is 14.5. The normalized spacial score (nSPS) is 16.6. The number of nitrogens with zero attached hydrogens (tertiary/aromatic N) is 2. The number of methoxy groups -OCH3 is 1. The molecule has 1 aliphatic heterocycles. The fraction of sp³-hybridized carbons (Fsp3) is 0.235. The summed E-state index contributed by atoms with van der Waals surface area (Å²) < 4.78 is 5.28. The molecule has 1 fully saturated rings. The van der Waals surface area contributed by atoms with Crippen molar-refractivity contribution in [3.05, 3.63) is 40.2 Å². The maximum absolute atomic E-state index is 12.5. The predicted molar refractivity (Wildman–Crippen MR) is 96.1 cm³/mol. The van der Waals surface area contributed by atoms with E-state index in [0.717, 1.165) is 0 Å². The lowest BCUT2D eigenvalue weighted by Crippen LogP contribution is -2.28. The summed E-state index contributed by atoms with van der Waals surface area (Å²) in [7, 11) is 1.51. The zero-order valence-electron chi connectivity index (χ0n) is 13.3. The Bertz CT molecular complexity index is 874. The van der Waals surface area contributed by atoms with E-state index in [9.17, 15) is 9.59 Å². The first-order valence-corrected chi connectivity index (χ1v) is 8.71. The minimum Gasteiger partial charge on any atom is -0.495 e. The van der Waals surface area contributed by atoms with Crippen LogP contribution in [0.1, 0.15) is 12.0 Å². The number of thiophene rings is 1. The largest absolute Gasteiger partial charge is 0.495 e. The number of rotatable bonds is 4. The lowest BCUT2D eigenvalue weighted by molar-refractivity contribution is -0.122. The summed E-state index contributed by atoms with van der Waals surface area (Å²) >= 11 is 7.30. The number of carbonyl (C=O) groups excluding carboxylic acids is 2. The van der Waals surface area contributed by atoms with Gasteiger partial charge in [-0.1, -0.05) is 11.6 Å². The number of halogens is 1. The third-order valence-corrected chi connectivity index (χ3v) is 5.01. The molecule has 2 aromatic rings. The standard InChI is InChI=1S/C17H14ClN3O3S/c1-24-14-3-2-12(18)7-13(14)21-9-11(6-15(21)22)16(23)20-17-10(8-19)4-5-25-17/h2-5,7,11H,6,9H2,1H3,(H,20,23)/t11-/m0/s1. The van der Waals surface area contributed by atoms with Crippen molar-refractivity contribution in [2.24, 2.45) is 5.92 Å². The summed E-state index contributed by atoms with van der Waals surface area (Å²) in [6, 6.07) is 8.67. The van der Waals surface area contributed by atoms with Crippen LogP contribution in [0.15, 0.2) is 29.6 Å². The van der Waals surface area contributed by atoms with Crippen LogP contribution < -0.4 is 15.0 Å². The smallest absolute Gasteiger partial charge is 0.230 e. The second-order valence-electron chi connectivity index (χ2n) is 5.49. The van der Waals surface area contributed by atoms with Gasteiger partial charge in [0.15, 0.2) is 0 Å². The van der Waals surface area contributed by atoms with E-state index in [4.69, 9.17) is 21.6 Å². The molecule has 6 nitrogen and oxygen atoms in total. The van der Waals surface area contributed by atoms with Crippen LogP contribution in [0.5, 0.6) is 5.75 Å². The van der Waals surface area contributed by atoms with Crippen LogP contribution in [0.4, 0.5) is 10.7 Å². The van der Waals surface area contributed by atoms with Gasteiger partial charge in [0.1, 0.15) is 16.8 Å². The summed E-state index contributed by atoms with van der Waals surface area (Å²) in [5.74, 6) is -0.447. The molecule has 1 aromatic carbocycles. The number of hydrogen-bond donors (Lipinski definition) is 1. The van der Waals surface area contributed by atoms with Crippen molar-refractivity contribution in [1.82, 2.24) is 0 Å². The highest BCUT2D eigenvalue weighted by Gasteiger charge is 2.36. The molecule has 3 rings (SSSR count). The number of anilines is 2. The molecular formula is C17H14ClN3O3S. The van der Waals surface area contributed by atoms with Crippen LogP contribution in [0.25, 0.3) is 0 Å². The van der Waals surface area contributed by atoms with Crippen molar-refractivity contribution in [3.63, 3.8) is 0 Å². The highest BCUT2D eigenvalue weighted by molar-refractivity contribution is 7.14. The van der Waals surface area contributed by atoms with E-state index in [2.05, 4.69) is 5.32 Å². The molecule has 25 heavy (non-hydrogen) atoms. The van der Waals surface area contributed by atoms with Crippen molar-refractivity contribution in [3.8, 4) is 11.8 Å². The van der Waals surface area contributed by atoms with Crippen LogP contribution in [-0.2, 0) is 9.59 Å². The number of carbonyl (C=O) groups is 2. The number of hydrogen-bond acceptors (Lipinski definition) is 5. The predicted octanol–water partition coefficient (Wildman–Crippen LogP) is 3.27. The molecule has 2 amide bonds. The van der Waals surface area contributed by atoms with Crippen LogP contribution in [-0.4, -0.2) is 25.5 Å². The van der Waals surface area contributed by atoms with E-state index < -0.39 is 5.92 Å². The molecule has 0 spiro atoms. The van der Waals surface area contributed by atoms with E-state index in [1.54, 1.807) is 29.6 Å². The summed E-state index contributed by atoms with van der Waals surface area (Å²) in [6.07, 6.45) is 0.0920. The third-order valence-electron chi connectivity index (χ3n) is 3.95. The molecule has 128 valence electrons. The fourth-order valence-corrected chi connectivity index (χ4v) is 3.60. The molecule has 0 radical (unpaired) electrons. The molecule has 8 heteroatoms. The van der Waals surface area contributed by atoms with E-state index >= 15 is 0 Å². The first-order valence-electron chi connectivity index (χ1n) is 7.46. The third kappa shape index (κ3) is 3.45. The van der Waals surface area contributed by atoms with Gasteiger partial charge in [-0.25, -0.2) is 0 Å². The van der Waals surface area contributed by atoms with Gasteiger partial charge >= 0.3 is 0 Å². The number of benzene rings is 1. The Morgan fingerprint density at radius 1 is 1.48 bits per heavy atom. The van der Waals surface area contributed by atoms with Gasteiger partial charge in [-0.05, 0) is 29.6 Å². The van der Waals surface area contributed by atoms with Crippen molar-refractivity contribution in [2.75, 3.05) is 23.9 Å². The van der Waals surface area contributed by atoms with Gasteiger partial charge in [-0.3, -0.25) is 9.59 Å². The number of ether oxygens (including phenoxy) is 1. The van der Waals surface area contributed by atoms with E-state index in [0.29, 0.717) is 27.0 Å². The highest BCUT2D eigenvalue weighted by Crippen LogP contribution is 2.35. The van der Waals surface area contributed by atoms with Crippen LogP contribution in [0.2, 0.25) is 5.02 Å². The van der Waals surface area contributed by atoms with Crippen LogP contribution in [0, 0.1) is 17.2 Å². The summed E-state index contributed by atoms with van der Waals surface area (Å²) in [6.45, 7) is 0.231. The van der Waals surface area contributed by atoms with E-state index in [-0.39, 0.29) is 24.8 Å². The summed E-state index contributed by atoms with van der Waals surface area (Å²) in [5.41, 5.74) is 0.958. The fourth-order valence-electron chi connectivity index (χ4n) is 2.70. The summed E-state index contributed by atoms with van der Waals surface area (Å²) in [4.78, 5) is 26.4. The highest BCUT2D eigenvalue weighted by atomic mass is 35.5. The molecule has 1 aromatic heterocycles. The SMILES string of the molecule is COc1ccc(Cl)cc1N1C[C@@H](C(=O)Nc2sccc2C#N)CC1=O. The molecule has 0 aliphatic carbocycles. The Balaban J connectivity index is 1.78. The van der Waals surface area contributed by atoms with Crippen molar-refractivity contribution >= 4 is 45.4 Å². The second-order valence-corrected chi connectivity index (χ2v) is 6.84. The lowest BCUT2D eigenvalue weighted by atomic mass is 10.1. The van der Waals surface area contributed by atoms with Gasteiger partial charge in [-0.2, -0.15) is 5.26 Å². The zero-order valence-corrected chi connectivity index (χ0v) is 14.9. The van der Waals surface area contributed by atoms with E-state index in [1.807, 2.05) is 6.07 Å². The topological polar surface area (TPSA) is 82.4 Å². The number of nitriles is 1. The lowest BCUT2D eigenvalue weighted by Gasteiger charge is -2.19. The maximum Gasteiger partial charge on any atom is 0.230 e. The molecule has 0 bridgehead atoms. The molecule has 0 saturated carbocycles. The van der Waals surface area contributed by atoms with Crippen LogP contribution >= 0.6 is 22.9 Å². The number of nitrogens with one attached hydrogen (secondary N) is 1. The van der Waals surface area contributed by atoms with Gasteiger partial charge in [0.25, 0.3) is 0 Å². The molecule has 1 atom stereocenters. The first-order chi connectivity index (χ1) is 12.0. The second kappa shape index (κ2) is 7.13. The Morgan fingerprint density at radius 2 is 2.28 bits per heavy atom. The Kier molecular flexibility index (Phi) is 4.93. The molecular weight excluding hydrogens is 362 g/mol. The Morgan fingerprint density at radius 3 is 3.00 bits per heavy atom. The Labute approximate surface area is 153 Å². The average molecular weight is 376 g/mol.